The van der Waals surface area contributed by atoms with E-state index in [2.05, 4.69) is 0 Å². The zero-order chi connectivity index (χ0) is 18.0. The van der Waals surface area contributed by atoms with E-state index in [1.165, 1.54) is 17.0 Å². The van der Waals surface area contributed by atoms with Gasteiger partial charge in [-0.25, -0.2) is 4.79 Å². The first-order valence-corrected chi connectivity index (χ1v) is 8.40. The number of amides is 2. The van der Waals surface area contributed by atoms with Crippen LogP contribution in [0.15, 0.2) is 53.4 Å². The lowest BCUT2D eigenvalue weighted by Gasteiger charge is -2.12. The average Bonchev–Trinajstić information content (AvgIpc) is 2.83. The van der Waals surface area contributed by atoms with Gasteiger partial charge in [-0.1, -0.05) is 42.0 Å². The molecule has 0 atom stereocenters. The molecular formula is C19H15NO4S. The van der Waals surface area contributed by atoms with E-state index < -0.39 is 5.97 Å². The number of thioether (sulfide) groups is 1. The summed E-state index contributed by atoms with van der Waals surface area (Å²) in [5.74, 6) is -1.34. The number of carboxylic acid groups (broad SMARTS) is 1. The summed E-state index contributed by atoms with van der Waals surface area (Å²) < 4.78 is 0. The highest BCUT2D eigenvalue weighted by atomic mass is 32.2. The lowest BCUT2D eigenvalue weighted by atomic mass is 10.1. The number of hydrogen-bond donors (Lipinski definition) is 1. The quantitative estimate of drug-likeness (QED) is 0.843. The number of rotatable bonds is 4. The smallest absolute Gasteiger partial charge is 0.335 e. The second-order valence-corrected chi connectivity index (χ2v) is 6.68. The Morgan fingerprint density at radius 1 is 1.16 bits per heavy atom. The first kappa shape index (κ1) is 17.0. The van der Waals surface area contributed by atoms with Gasteiger partial charge < -0.3 is 5.11 Å². The topological polar surface area (TPSA) is 74.7 Å². The molecule has 1 N–H and O–H groups in total. The highest BCUT2D eigenvalue weighted by molar-refractivity contribution is 8.18. The number of carboxylic acids is 1. The number of nitrogens with zero attached hydrogens (tertiary/aromatic N) is 1. The van der Waals surface area contributed by atoms with Gasteiger partial charge in [-0.3, -0.25) is 14.5 Å². The van der Waals surface area contributed by atoms with Crippen molar-refractivity contribution in [3.05, 3.63) is 75.7 Å². The molecule has 0 saturated carbocycles. The predicted octanol–water partition coefficient (Wildman–Crippen LogP) is 3.93. The number of hydrogen-bond acceptors (Lipinski definition) is 4. The van der Waals surface area contributed by atoms with Gasteiger partial charge in [-0.15, -0.1) is 0 Å². The van der Waals surface area contributed by atoms with Crippen LogP contribution in [0.1, 0.15) is 27.0 Å². The van der Waals surface area contributed by atoms with Gasteiger partial charge in [0.2, 0.25) is 0 Å². The normalized spacial score (nSPS) is 15.9. The van der Waals surface area contributed by atoms with Gasteiger partial charge in [0.15, 0.2) is 0 Å². The molecule has 25 heavy (non-hydrogen) atoms. The fourth-order valence-electron chi connectivity index (χ4n) is 2.50. The molecule has 2 aromatic rings. The van der Waals surface area contributed by atoms with Gasteiger partial charge in [0.25, 0.3) is 11.1 Å². The summed E-state index contributed by atoms with van der Waals surface area (Å²) in [4.78, 5) is 37.1. The fraction of sp³-hybridized carbons (Fsp3) is 0.105. The summed E-state index contributed by atoms with van der Waals surface area (Å²) in [6.07, 6.45) is 1.60. The molecule has 0 radical (unpaired) electrons. The van der Waals surface area contributed by atoms with Crippen molar-refractivity contribution in [3.8, 4) is 0 Å². The third-order valence-corrected chi connectivity index (χ3v) is 4.66. The van der Waals surface area contributed by atoms with Crippen molar-refractivity contribution in [1.29, 1.82) is 0 Å². The van der Waals surface area contributed by atoms with Crippen molar-refractivity contribution in [1.82, 2.24) is 4.90 Å². The number of aromatic carboxylic acids is 1. The molecule has 2 aromatic carbocycles. The minimum atomic E-state index is -1.01. The summed E-state index contributed by atoms with van der Waals surface area (Å²) in [7, 11) is 0. The maximum absolute atomic E-state index is 12.5. The second-order valence-electron chi connectivity index (χ2n) is 5.68. The van der Waals surface area contributed by atoms with E-state index in [9.17, 15) is 14.4 Å². The molecule has 6 heteroatoms. The Morgan fingerprint density at radius 2 is 1.88 bits per heavy atom. The van der Waals surface area contributed by atoms with E-state index >= 15 is 0 Å². The molecule has 1 aliphatic rings. The molecule has 0 bridgehead atoms. The van der Waals surface area contributed by atoms with Crippen molar-refractivity contribution in [2.45, 2.75) is 13.5 Å². The first-order valence-electron chi connectivity index (χ1n) is 7.58. The third-order valence-electron chi connectivity index (χ3n) is 3.75. The minimum Gasteiger partial charge on any atom is -0.478 e. The standard InChI is InChI=1S/C19H15NO4S/c1-12-3-2-4-14(9-12)11-20-17(21)16(25-19(20)24)10-13-5-7-15(8-6-13)18(22)23/h2-10H,11H2,1H3,(H,22,23)/b16-10+. The molecular weight excluding hydrogens is 338 g/mol. The Morgan fingerprint density at radius 3 is 2.52 bits per heavy atom. The zero-order valence-electron chi connectivity index (χ0n) is 13.4. The van der Waals surface area contributed by atoms with Crippen LogP contribution in [0.3, 0.4) is 0 Å². The molecule has 1 saturated heterocycles. The van der Waals surface area contributed by atoms with E-state index in [0.29, 0.717) is 10.5 Å². The molecule has 2 amide bonds. The molecule has 1 aliphatic heterocycles. The summed E-state index contributed by atoms with van der Waals surface area (Å²) in [6, 6.07) is 13.8. The number of benzene rings is 2. The average molecular weight is 353 g/mol. The van der Waals surface area contributed by atoms with Crippen LogP contribution in [0.25, 0.3) is 6.08 Å². The van der Waals surface area contributed by atoms with Crippen LogP contribution in [0.5, 0.6) is 0 Å². The Balaban J connectivity index is 1.79. The molecule has 0 aromatic heterocycles. The van der Waals surface area contributed by atoms with Gasteiger partial charge in [0, 0.05) is 0 Å². The fourth-order valence-corrected chi connectivity index (χ4v) is 3.34. The van der Waals surface area contributed by atoms with Crippen molar-refractivity contribution < 1.29 is 19.5 Å². The summed E-state index contributed by atoms with van der Waals surface area (Å²) >= 11 is 0.893. The van der Waals surface area contributed by atoms with Crippen LogP contribution in [-0.2, 0) is 11.3 Å². The van der Waals surface area contributed by atoms with Crippen LogP contribution in [0.4, 0.5) is 4.79 Å². The summed E-state index contributed by atoms with van der Waals surface area (Å²) in [5, 5.41) is 8.60. The Bertz CT molecular complexity index is 887. The van der Waals surface area contributed by atoms with Crippen LogP contribution >= 0.6 is 11.8 Å². The monoisotopic (exact) mass is 353 g/mol. The third kappa shape index (κ3) is 3.80. The molecule has 0 spiro atoms. The van der Waals surface area contributed by atoms with Crippen molar-refractivity contribution in [2.75, 3.05) is 0 Å². The maximum Gasteiger partial charge on any atom is 0.335 e. The van der Waals surface area contributed by atoms with Crippen LogP contribution < -0.4 is 0 Å². The Kier molecular flexibility index (Phi) is 4.72. The zero-order valence-corrected chi connectivity index (χ0v) is 14.2. The van der Waals surface area contributed by atoms with E-state index in [-0.39, 0.29) is 23.3 Å². The second kappa shape index (κ2) is 6.94. The van der Waals surface area contributed by atoms with Gasteiger partial charge in [-0.2, -0.15) is 0 Å². The Labute approximate surface area is 149 Å². The molecule has 0 aliphatic carbocycles. The predicted molar refractivity (Wildman–Crippen MR) is 96.1 cm³/mol. The van der Waals surface area contributed by atoms with Crippen LogP contribution in [0.2, 0.25) is 0 Å². The van der Waals surface area contributed by atoms with Crippen molar-refractivity contribution in [3.63, 3.8) is 0 Å². The SMILES string of the molecule is Cc1cccc(CN2C(=O)S/C(=C/c3ccc(C(=O)O)cc3)C2=O)c1. The van der Waals surface area contributed by atoms with E-state index in [1.807, 2.05) is 31.2 Å². The molecule has 3 rings (SSSR count). The van der Waals surface area contributed by atoms with Crippen molar-refractivity contribution in [2.24, 2.45) is 0 Å². The Hall–Kier alpha value is -2.86. The van der Waals surface area contributed by atoms with Gasteiger partial charge in [-0.05, 0) is 48.0 Å². The van der Waals surface area contributed by atoms with Gasteiger partial charge in [0.05, 0.1) is 17.0 Å². The summed E-state index contributed by atoms with van der Waals surface area (Å²) in [6.45, 7) is 2.19. The van der Waals surface area contributed by atoms with E-state index in [0.717, 1.165) is 22.9 Å². The number of carbonyl (C=O) groups is 3. The van der Waals surface area contributed by atoms with Crippen LogP contribution in [-0.4, -0.2) is 27.1 Å². The van der Waals surface area contributed by atoms with Crippen molar-refractivity contribution >= 4 is 35.0 Å². The first-order chi connectivity index (χ1) is 11.9. The molecule has 0 unspecified atom stereocenters. The minimum absolute atomic E-state index is 0.171. The van der Waals surface area contributed by atoms with E-state index in [1.54, 1.807) is 18.2 Å². The van der Waals surface area contributed by atoms with Gasteiger partial charge >= 0.3 is 5.97 Å². The molecule has 5 nitrogen and oxygen atoms in total. The lowest BCUT2D eigenvalue weighted by molar-refractivity contribution is -0.123. The lowest BCUT2D eigenvalue weighted by Crippen LogP contribution is -2.27. The number of aryl methyl sites for hydroxylation is 1. The van der Waals surface area contributed by atoms with Gasteiger partial charge in [0.1, 0.15) is 0 Å². The molecule has 1 heterocycles. The maximum atomic E-state index is 12.5. The van der Waals surface area contributed by atoms with E-state index in [4.69, 9.17) is 5.11 Å². The van der Waals surface area contributed by atoms with Crippen LogP contribution in [0, 0.1) is 6.92 Å². The highest BCUT2D eigenvalue weighted by Crippen LogP contribution is 2.33. The highest BCUT2D eigenvalue weighted by Gasteiger charge is 2.34. The number of carbonyl (C=O) groups excluding carboxylic acids is 2. The molecule has 126 valence electrons. The number of imide groups is 1. The largest absolute Gasteiger partial charge is 0.478 e. The molecule has 1 fully saturated rings. The summed E-state index contributed by atoms with van der Waals surface area (Å²) in [5.41, 5.74) is 2.81.